The Morgan fingerprint density at radius 1 is 1.44 bits per heavy atom. The van der Waals surface area contributed by atoms with Gasteiger partial charge in [0, 0.05) is 24.7 Å². The highest BCUT2D eigenvalue weighted by atomic mass is 35.5. The topological polar surface area (TPSA) is 69.7 Å². The molecule has 6 nitrogen and oxygen atoms in total. The first-order valence-electron chi connectivity index (χ1n) is 7.91. The molecule has 2 saturated heterocycles. The van der Waals surface area contributed by atoms with E-state index in [-0.39, 0.29) is 41.0 Å². The summed E-state index contributed by atoms with van der Waals surface area (Å²) < 4.78 is 13.2. The molecule has 8 heteroatoms. The molecule has 0 aromatic heterocycles. The SMILES string of the molecule is C=CCN1C(=O)[C@@H]2C[C@@H](NC(=O)c3ccc(F)c(Cl)c3)CCN2C1=O. The Hall–Kier alpha value is -2.41. The number of carbonyl (C=O) groups excluding carboxylic acids is 3. The van der Waals surface area contributed by atoms with E-state index in [9.17, 15) is 18.8 Å². The summed E-state index contributed by atoms with van der Waals surface area (Å²) in [5.41, 5.74) is 0.246. The van der Waals surface area contributed by atoms with Gasteiger partial charge in [0.1, 0.15) is 11.9 Å². The van der Waals surface area contributed by atoms with Crippen LogP contribution < -0.4 is 5.32 Å². The molecule has 0 unspecified atom stereocenters. The van der Waals surface area contributed by atoms with Crippen LogP contribution in [0.25, 0.3) is 0 Å². The van der Waals surface area contributed by atoms with E-state index < -0.39 is 11.9 Å². The van der Waals surface area contributed by atoms with Gasteiger partial charge in [-0.05, 0) is 31.0 Å². The highest BCUT2D eigenvalue weighted by Crippen LogP contribution is 2.27. The standard InChI is InChI=1S/C17H17ClFN3O3/c1-2-6-22-16(24)14-9-11(5-7-21(14)17(22)25)20-15(23)10-3-4-13(19)12(18)8-10/h2-4,8,11,14H,1,5-7,9H2,(H,20,23)/t11-,14-/m0/s1. The van der Waals surface area contributed by atoms with Crippen LogP contribution in [0.1, 0.15) is 23.2 Å². The van der Waals surface area contributed by atoms with Crippen LogP contribution in [0.5, 0.6) is 0 Å². The minimum absolute atomic E-state index is 0.126. The Kier molecular flexibility index (Phi) is 4.76. The van der Waals surface area contributed by atoms with Crippen molar-refractivity contribution in [1.29, 1.82) is 0 Å². The molecule has 2 fully saturated rings. The van der Waals surface area contributed by atoms with Gasteiger partial charge >= 0.3 is 6.03 Å². The summed E-state index contributed by atoms with van der Waals surface area (Å²) in [6.07, 6.45) is 2.39. The molecule has 3 rings (SSSR count). The predicted molar refractivity (Wildman–Crippen MR) is 89.7 cm³/mol. The summed E-state index contributed by atoms with van der Waals surface area (Å²) in [7, 11) is 0. The van der Waals surface area contributed by atoms with Crippen molar-refractivity contribution in [3.63, 3.8) is 0 Å². The van der Waals surface area contributed by atoms with Crippen LogP contribution in [0.2, 0.25) is 5.02 Å². The van der Waals surface area contributed by atoms with Gasteiger partial charge in [-0.2, -0.15) is 0 Å². The number of piperidine rings is 1. The maximum absolute atomic E-state index is 13.2. The summed E-state index contributed by atoms with van der Waals surface area (Å²) in [6, 6.07) is 2.61. The highest BCUT2D eigenvalue weighted by Gasteiger charge is 2.47. The molecule has 1 aromatic carbocycles. The number of fused-ring (bicyclic) bond motifs is 1. The molecule has 25 heavy (non-hydrogen) atoms. The van der Waals surface area contributed by atoms with Crippen molar-refractivity contribution >= 4 is 29.4 Å². The predicted octanol–water partition coefficient (Wildman–Crippen LogP) is 2.19. The Bertz CT molecular complexity index is 755. The normalized spacial score (nSPS) is 22.8. The summed E-state index contributed by atoms with van der Waals surface area (Å²) in [5.74, 6) is -1.25. The zero-order valence-corrected chi connectivity index (χ0v) is 14.1. The maximum Gasteiger partial charge on any atom is 0.327 e. The van der Waals surface area contributed by atoms with Crippen molar-refractivity contribution < 1.29 is 18.8 Å². The third-order valence-electron chi connectivity index (χ3n) is 4.46. The van der Waals surface area contributed by atoms with E-state index in [0.717, 1.165) is 6.07 Å². The second kappa shape index (κ2) is 6.84. The average Bonchev–Trinajstić information content (AvgIpc) is 2.82. The number of urea groups is 1. The van der Waals surface area contributed by atoms with E-state index in [4.69, 9.17) is 11.6 Å². The number of nitrogens with one attached hydrogen (secondary N) is 1. The lowest BCUT2D eigenvalue weighted by Crippen LogP contribution is -2.49. The maximum atomic E-state index is 13.2. The van der Waals surface area contributed by atoms with Gasteiger partial charge in [0.2, 0.25) is 0 Å². The van der Waals surface area contributed by atoms with Gasteiger partial charge in [-0.1, -0.05) is 17.7 Å². The molecule has 132 valence electrons. The third kappa shape index (κ3) is 3.24. The Labute approximate surface area is 149 Å². The van der Waals surface area contributed by atoms with E-state index in [1.165, 1.54) is 28.0 Å². The number of hydrogen-bond acceptors (Lipinski definition) is 3. The van der Waals surface area contributed by atoms with Crippen LogP contribution in [0.4, 0.5) is 9.18 Å². The molecule has 2 aliphatic rings. The molecule has 0 radical (unpaired) electrons. The Morgan fingerprint density at radius 3 is 2.88 bits per heavy atom. The Balaban J connectivity index is 1.67. The van der Waals surface area contributed by atoms with E-state index in [1.54, 1.807) is 0 Å². The number of hydrogen-bond donors (Lipinski definition) is 1. The molecule has 0 aliphatic carbocycles. The van der Waals surface area contributed by atoms with Crippen molar-refractivity contribution in [2.75, 3.05) is 13.1 Å². The van der Waals surface area contributed by atoms with E-state index in [0.29, 0.717) is 19.4 Å². The van der Waals surface area contributed by atoms with Gasteiger partial charge in [0.15, 0.2) is 0 Å². The summed E-state index contributed by atoms with van der Waals surface area (Å²) >= 11 is 5.70. The van der Waals surface area contributed by atoms with Crippen LogP contribution >= 0.6 is 11.6 Å². The lowest BCUT2D eigenvalue weighted by Gasteiger charge is -2.32. The second-order valence-electron chi connectivity index (χ2n) is 6.05. The molecule has 0 spiro atoms. The molecule has 2 aliphatic heterocycles. The van der Waals surface area contributed by atoms with Gasteiger partial charge in [0.05, 0.1) is 5.02 Å². The molecule has 0 bridgehead atoms. The molecule has 2 atom stereocenters. The molecular formula is C17H17ClFN3O3. The lowest BCUT2D eigenvalue weighted by atomic mass is 9.97. The van der Waals surface area contributed by atoms with Crippen LogP contribution in [0.3, 0.4) is 0 Å². The van der Waals surface area contributed by atoms with Gasteiger partial charge in [-0.3, -0.25) is 14.5 Å². The number of carbonyl (C=O) groups is 3. The fourth-order valence-corrected chi connectivity index (χ4v) is 3.37. The number of imide groups is 1. The molecule has 0 saturated carbocycles. The van der Waals surface area contributed by atoms with Crippen molar-refractivity contribution in [3.8, 4) is 0 Å². The largest absolute Gasteiger partial charge is 0.349 e. The zero-order valence-electron chi connectivity index (χ0n) is 13.4. The monoisotopic (exact) mass is 365 g/mol. The summed E-state index contributed by atoms with van der Waals surface area (Å²) in [4.78, 5) is 39.6. The lowest BCUT2D eigenvalue weighted by molar-refractivity contribution is -0.128. The van der Waals surface area contributed by atoms with Crippen LogP contribution in [0, 0.1) is 5.82 Å². The molecule has 2 heterocycles. The van der Waals surface area contributed by atoms with E-state index >= 15 is 0 Å². The first-order chi connectivity index (χ1) is 11.9. The highest BCUT2D eigenvalue weighted by molar-refractivity contribution is 6.31. The molecule has 1 N–H and O–H groups in total. The molecule has 1 aromatic rings. The second-order valence-corrected chi connectivity index (χ2v) is 6.46. The fourth-order valence-electron chi connectivity index (χ4n) is 3.19. The van der Waals surface area contributed by atoms with Crippen molar-refractivity contribution in [2.45, 2.75) is 24.9 Å². The minimum Gasteiger partial charge on any atom is -0.349 e. The van der Waals surface area contributed by atoms with Crippen molar-refractivity contribution in [1.82, 2.24) is 15.1 Å². The number of amides is 4. The number of nitrogens with zero attached hydrogens (tertiary/aromatic N) is 2. The van der Waals surface area contributed by atoms with Gasteiger partial charge < -0.3 is 10.2 Å². The molecular weight excluding hydrogens is 349 g/mol. The van der Waals surface area contributed by atoms with Crippen molar-refractivity contribution in [2.24, 2.45) is 0 Å². The van der Waals surface area contributed by atoms with Gasteiger partial charge in [-0.25, -0.2) is 9.18 Å². The summed E-state index contributed by atoms with van der Waals surface area (Å²) in [6.45, 7) is 4.12. The third-order valence-corrected chi connectivity index (χ3v) is 4.75. The Morgan fingerprint density at radius 2 is 2.20 bits per heavy atom. The number of benzene rings is 1. The van der Waals surface area contributed by atoms with E-state index in [2.05, 4.69) is 11.9 Å². The van der Waals surface area contributed by atoms with Crippen LogP contribution in [-0.2, 0) is 4.79 Å². The zero-order chi connectivity index (χ0) is 18.1. The number of halogens is 2. The minimum atomic E-state index is -0.594. The smallest absolute Gasteiger partial charge is 0.327 e. The average molecular weight is 366 g/mol. The van der Waals surface area contributed by atoms with Gasteiger partial charge in [0.25, 0.3) is 11.8 Å². The fraction of sp³-hybridized carbons (Fsp3) is 0.353. The first-order valence-corrected chi connectivity index (χ1v) is 8.29. The van der Waals surface area contributed by atoms with E-state index in [1.807, 2.05) is 0 Å². The van der Waals surface area contributed by atoms with Crippen LogP contribution in [-0.4, -0.2) is 52.8 Å². The van der Waals surface area contributed by atoms with Gasteiger partial charge in [-0.15, -0.1) is 6.58 Å². The first kappa shape index (κ1) is 17.4. The number of rotatable bonds is 4. The quantitative estimate of drug-likeness (QED) is 0.657. The summed E-state index contributed by atoms with van der Waals surface area (Å²) in [5, 5.41) is 2.70. The molecule has 4 amide bonds. The van der Waals surface area contributed by atoms with Crippen LogP contribution in [0.15, 0.2) is 30.9 Å². The van der Waals surface area contributed by atoms with Crippen molar-refractivity contribution in [3.05, 3.63) is 47.3 Å².